The fourth-order valence-corrected chi connectivity index (χ4v) is 1.65. The van der Waals surface area contributed by atoms with Crippen molar-refractivity contribution in [3.8, 4) is 0 Å². The molecule has 0 saturated carbocycles. The fraction of sp³-hybridized carbons (Fsp3) is 0.615. The Morgan fingerprint density at radius 3 is 2.39 bits per heavy atom. The Balaban J connectivity index is 2.56. The van der Waals surface area contributed by atoms with E-state index in [4.69, 9.17) is 9.47 Å². The van der Waals surface area contributed by atoms with E-state index in [0.717, 1.165) is 44.4 Å². The fourth-order valence-electron chi connectivity index (χ4n) is 1.65. The molecule has 1 aromatic rings. The van der Waals surface area contributed by atoms with Crippen molar-refractivity contribution in [2.75, 3.05) is 52.9 Å². The number of hydrogen-bond donors (Lipinski definition) is 1. The molecule has 18 heavy (non-hydrogen) atoms. The predicted molar refractivity (Wildman–Crippen MR) is 72.8 cm³/mol. The quantitative estimate of drug-likeness (QED) is 0.717. The van der Waals surface area contributed by atoms with Crippen molar-refractivity contribution in [2.45, 2.75) is 6.54 Å². The summed E-state index contributed by atoms with van der Waals surface area (Å²) in [7, 11) is 5.31. The van der Waals surface area contributed by atoms with Crippen molar-refractivity contribution in [3.63, 3.8) is 0 Å². The molecule has 0 saturated heterocycles. The van der Waals surface area contributed by atoms with Crippen LogP contribution in [0.25, 0.3) is 0 Å². The molecule has 1 heterocycles. The highest BCUT2D eigenvalue weighted by Gasteiger charge is 2.07. The second kappa shape index (κ2) is 8.85. The molecule has 0 amide bonds. The Morgan fingerprint density at radius 1 is 1.17 bits per heavy atom. The van der Waals surface area contributed by atoms with Crippen LogP contribution in [-0.4, -0.2) is 57.5 Å². The molecular weight excluding hydrogens is 230 g/mol. The van der Waals surface area contributed by atoms with Crippen LogP contribution in [0.5, 0.6) is 0 Å². The van der Waals surface area contributed by atoms with Gasteiger partial charge in [-0.2, -0.15) is 0 Å². The highest BCUT2D eigenvalue weighted by Crippen LogP contribution is 2.06. The average Bonchev–Trinajstić information content (AvgIpc) is 2.42. The predicted octanol–water partition coefficient (Wildman–Crippen LogP) is 1.22. The van der Waals surface area contributed by atoms with Crippen molar-refractivity contribution in [2.24, 2.45) is 0 Å². The minimum Gasteiger partial charge on any atom is -0.383 e. The van der Waals surface area contributed by atoms with Gasteiger partial charge in [0.1, 0.15) is 5.82 Å². The van der Waals surface area contributed by atoms with E-state index in [1.54, 1.807) is 14.2 Å². The molecule has 0 aromatic carbocycles. The summed E-state index contributed by atoms with van der Waals surface area (Å²) in [4.78, 5) is 6.79. The first-order chi connectivity index (χ1) is 8.80. The van der Waals surface area contributed by atoms with E-state index in [1.807, 2.05) is 25.2 Å². The summed E-state index contributed by atoms with van der Waals surface area (Å²) in [6.45, 7) is 4.00. The molecule has 0 bridgehead atoms. The molecule has 0 aliphatic rings. The molecule has 1 aromatic heterocycles. The molecule has 1 rings (SSSR count). The summed E-state index contributed by atoms with van der Waals surface area (Å²) < 4.78 is 10.2. The molecule has 0 aliphatic carbocycles. The van der Waals surface area contributed by atoms with Gasteiger partial charge in [0, 0.05) is 40.9 Å². The SMILES string of the molecule is CNc1cccc(CN(CCOC)CCOC)n1. The molecule has 0 spiro atoms. The third-order valence-electron chi connectivity index (χ3n) is 2.67. The first-order valence-electron chi connectivity index (χ1n) is 6.14. The number of nitrogens with one attached hydrogen (secondary N) is 1. The Labute approximate surface area is 109 Å². The highest BCUT2D eigenvalue weighted by atomic mass is 16.5. The first-order valence-corrected chi connectivity index (χ1v) is 6.14. The number of nitrogens with zero attached hydrogens (tertiary/aromatic N) is 2. The van der Waals surface area contributed by atoms with Gasteiger partial charge in [0.25, 0.3) is 0 Å². The van der Waals surface area contributed by atoms with Crippen molar-refractivity contribution >= 4 is 5.82 Å². The van der Waals surface area contributed by atoms with Crippen molar-refractivity contribution < 1.29 is 9.47 Å². The maximum absolute atomic E-state index is 5.12. The minimum atomic E-state index is 0.718. The molecule has 0 unspecified atom stereocenters. The molecule has 0 radical (unpaired) electrons. The van der Waals surface area contributed by atoms with Crippen molar-refractivity contribution in [1.82, 2.24) is 9.88 Å². The molecule has 0 atom stereocenters. The van der Waals surface area contributed by atoms with Crippen LogP contribution in [0.3, 0.4) is 0 Å². The van der Waals surface area contributed by atoms with Gasteiger partial charge in [-0.1, -0.05) is 6.07 Å². The van der Waals surface area contributed by atoms with Crippen LogP contribution in [0.15, 0.2) is 18.2 Å². The van der Waals surface area contributed by atoms with E-state index in [0.29, 0.717) is 0 Å². The average molecular weight is 253 g/mol. The Hall–Kier alpha value is -1.17. The lowest BCUT2D eigenvalue weighted by Gasteiger charge is -2.21. The van der Waals surface area contributed by atoms with Gasteiger partial charge in [0.05, 0.1) is 18.9 Å². The molecule has 1 N–H and O–H groups in total. The molecule has 0 fully saturated rings. The van der Waals surface area contributed by atoms with Crippen molar-refractivity contribution in [1.29, 1.82) is 0 Å². The van der Waals surface area contributed by atoms with E-state index >= 15 is 0 Å². The molecule has 0 aliphatic heterocycles. The third kappa shape index (κ3) is 5.44. The van der Waals surface area contributed by atoms with Gasteiger partial charge in [-0.25, -0.2) is 4.98 Å². The lowest BCUT2D eigenvalue weighted by atomic mass is 10.3. The van der Waals surface area contributed by atoms with Gasteiger partial charge in [0.15, 0.2) is 0 Å². The van der Waals surface area contributed by atoms with Gasteiger partial charge in [-0.15, -0.1) is 0 Å². The van der Waals surface area contributed by atoms with Gasteiger partial charge >= 0.3 is 0 Å². The zero-order chi connectivity index (χ0) is 13.2. The summed E-state index contributed by atoms with van der Waals surface area (Å²) in [6.07, 6.45) is 0. The lowest BCUT2D eigenvalue weighted by molar-refractivity contribution is 0.109. The smallest absolute Gasteiger partial charge is 0.126 e. The van der Waals surface area contributed by atoms with Crippen LogP contribution in [-0.2, 0) is 16.0 Å². The monoisotopic (exact) mass is 253 g/mol. The molecule has 5 nitrogen and oxygen atoms in total. The lowest BCUT2D eigenvalue weighted by Crippen LogP contribution is -2.30. The van der Waals surface area contributed by atoms with Crippen LogP contribution < -0.4 is 5.32 Å². The second-order valence-electron chi connectivity index (χ2n) is 4.03. The maximum Gasteiger partial charge on any atom is 0.126 e. The second-order valence-corrected chi connectivity index (χ2v) is 4.03. The van der Waals surface area contributed by atoms with E-state index in [9.17, 15) is 0 Å². The number of ether oxygens (including phenoxy) is 2. The van der Waals surface area contributed by atoms with Gasteiger partial charge in [-0.05, 0) is 12.1 Å². The minimum absolute atomic E-state index is 0.718. The summed E-state index contributed by atoms with van der Waals surface area (Å²) >= 11 is 0. The topological polar surface area (TPSA) is 46.6 Å². The van der Waals surface area contributed by atoms with Crippen LogP contribution >= 0.6 is 0 Å². The van der Waals surface area contributed by atoms with E-state index in [-0.39, 0.29) is 0 Å². The highest BCUT2D eigenvalue weighted by molar-refractivity contribution is 5.34. The van der Waals surface area contributed by atoms with Gasteiger partial charge in [0.2, 0.25) is 0 Å². The third-order valence-corrected chi connectivity index (χ3v) is 2.67. The number of hydrogen-bond acceptors (Lipinski definition) is 5. The van der Waals surface area contributed by atoms with Crippen LogP contribution in [0, 0.1) is 0 Å². The first kappa shape index (κ1) is 14.9. The number of aromatic nitrogens is 1. The number of rotatable bonds is 9. The Morgan fingerprint density at radius 2 is 1.83 bits per heavy atom. The number of methoxy groups -OCH3 is 2. The molecule has 5 heteroatoms. The van der Waals surface area contributed by atoms with Gasteiger partial charge in [-0.3, -0.25) is 4.90 Å². The van der Waals surface area contributed by atoms with Crippen molar-refractivity contribution in [3.05, 3.63) is 23.9 Å². The largest absolute Gasteiger partial charge is 0.383 e. The summed E-state index contributed by atoms with van der Waals surface area (Å²) in [5.41, 5.74) is 1.05. The summed E-state index contributed by atoms with van der Waals surface area (Å²) in [6, 6.07) is 6.00. The van der Waals surface area contributed by atoms with Crippen LogP contribution in [0.2, 0.25) is 0 Å². The number of pyridine rings is 1. The van der Waals surface area contributed by atoms with E-state index in [2.05, 4.69) is 15.2 Å². The molecular formula is C13H23N3O2. The summed E-state index contributed by atoms with van der Waals surface area (Å²) in [5, 5.41) is 3.05. The van der Waals surface area contributed by atoms with Crippen LogP contribution in [0.1, 0.15) is 5.69 Å². The van der Waals surface area contributed by atoms with Crippen LogP contribution in [0.4, 0.5) is 5.82 Å². The molecule has 102 valence electrons. The Bertz CT molecular complexity index is 326. The van der Waals surface area contributed by atoms with E-state index < -0.39 is 0 Å². The summed E-state index contributed by atoms with van der Waals surface area (Å²) in [5.74, 6) is 0.894. The normalized spacial score (nSPS) is 10.9. The van der Waals surface area contributed by atoms with E-state index in [1.165, 1.54) is 0 Å². The van der Waals surface area contributed by atoms with Gasteiger partial charge < -0.3 is 14.8 Å². The zero-order valence-electron chi connectivity index (χ0n) is 11.5. The Kier molecular flexibility index (Phi) is 7.32. The maximum atomic E-state index is 5.12. The number of anilines is 1. The zero-order valence-corrected chi connectivity index (χ0v) is 11.5. The standard InChI is InChI=1S/C13H23N3O2/c1-14-13-6-4-5-12(15-13)11-16(7-9-17-2)8-10-18-3/h4-6H,7-11H2,1-3H3,(H,14,15).